The summed E-state index contributed by atoms with van der Waals surface area (Å²) in [6, 6.07) is 51.2. The van der Waals surface area contributed by atoms with E-state index in [2.05, 4.69) is 149 Å². The lowest BCUT2D eigenvalue weighted by Crippen LogP contribution is -2.26. The average Bonchev–Trinajstić information content (AvgIpc) is 3.34. The molecule has 6 aromatic carbocycles. The lowest BCUT2D eigenvalue weighted by molar-refractivity contribution is 0.657. The third kappa shape index (κ3) is 5.81. The summed E-state index contributed by atoms with van der Waals surface area (Å²) >= 11 is 1.79. The van der Waals surface area contributed by atoms with E-state index in [1.807, 2.05) is 32.0 Å². The number of hydrogen-bond donors (Lipinski definition) is 1. The average molecular weight is 632 g/mol. The van der Waals surface area contributed by atoms with Gasteiger partial charge in [0.05, 0.1) is 0 Å². The molecule has 6 aromatic rings. The molecule has 1 unspecified atom stereocenters. The number of fused-ring (bicyclic) bond motifs is 3. The summed E-state index contributed by atoms with van der Waals surface area (Å²) in [5, 5.41) is 0. The van der Waals surface area contributed by atoms with Crippen LogP contribution in [0, 0.1) is 6.92 Å². The smallest absolute Gasteiger partial charge is 0.0452 e. The van der Waals surface area contributed by atoms with Gasteiger partial charge in [-0.05, 0) is 93.2 Å². The minimum absolute atomic E-state index is 0.0190. The van der Waals surface area contributed by atoms with Gasteiger partial charge < -0.3 is 5.73 Å². The summed E-state index contributed by atoms with van der Waals surface area (Å²) in [7, 11) is 0. The van der Waals surface area contributed by atoms with E-state index in [9.17, 15) is 0 Å². The highest BCUT2D eigenvalue weighted by molar-refractivity contribution is 7.98. The van der Waals surface area contributed by atoms with Gasteiger partial charge in [0.15, 0.2) is 0 Å². The molecule has 1 aliphatic carbocycles. The summed E-state index contributed by atoms with van der Waals surface area (Å²) in [6.07, 6.45) is 0. The van der Waals surface area contributed by atoms with Gasteiger partial charge in [-0.15, -0.1) is 11.8 Å². The summed E-state index contributed by atoms with van der Waals surface area (Å²) in [4.78, 5) is 1.13. The largest absolute Gasteiger partial charge is 0.398 e. The molecule has 236 valence electrons. The van der Waals surface area contributed by atoms with E-state index in [1.165, 1.54) is 61.2 Å². The summed E-state index contributed by atoms with van der Waals surface area (Å²) in [5.41, 5.74) is 21.2. The van der Waals surface area contributed by atoms with Crippen molar-refractivity contribution in [3.63, 3.8) is 0 Å². The minimum Gasteiger partial charge on any atom is -0.398 e. The maximum atomic E-state index is 6.21. The van der Waals surface area contributed by atoms with Crippen molar-refractivity contribution in [1.29, 1.82) is 0 Å². The molecule has 0 saturated heterocycles. The Kier molecular flexibility index (Phi) is 9.17. The molecule has 1 atom stereocenters. The van der Waals surface area contributed by atoms with Crippen LogP contribution in [-0.4, -0.2) is 0 Å². The highest BCUT2D eigenvalue weighted by atomic mass is 32.2. The Bertz CT molecular complexity index is 2020. The molecule has 0 saturated carbocycles. The SMILES string of the molecule is CC.Cc1cc(CSc2ccccc2N)ccc1-c1ccccc1C(C)(c1ccccc1)c1ccc2c(c1)-c1ccccc1C2(C)C. The van der Waals surface area contributed by atoms with Crippen LogP contribution in [0.2, 0.25) is 0 Å². The maximum absolute atomic E-state index is 6.21. The lowest BCUT2D eigenvalue weighted by atomic mass is 9.68. The first kappa shape index (κ1) is 32.4. The molecular weight excluding hydrogens is 587 g/mol. The first-order valence-corrected chi connectivity index (χ1v) is 17.7. The Morgan fingerprint density at radius 1 is 0.596 bits per heavy atom. The number of nitrogens with two attached hydrogens (primary N) is 1. The molecule has 0 amide bonds. The molecule has 1 nitrogen and oxygen atoms in total. The Morgan fingerprint density at radius 3 is 1.98 bits per heavy atom. The third-order valence-corrected chi connectivity index (χ3v) is 11.0. The van der Waals surface area contributed by atoms with E-state index in [-0.39, 0.29) is 10.8 Å². The molecule has 47 heavy (non-hydrogen) atoms. The first-order valence-electron chi connectivity index (χ1n) is 16.8. The summed E-state index contributed by atoms with van der Waals surface area (Å²) in [5.74, 6) is 0.881. The first-order chi connectivity index (χ1) is 22.8. The highest BCUT2D eigenvalue weighted by Gasteiger charge is 2.38. The zero-order chi connectivity index (χ0) is 33.2. The van der Waals surface area contributed by atoms with Crippen LogP contribution in [0.3, 0.4) is 0 Å². The molecule has 7 rings (SSSR count). The fourth-order valence-electron chi connectivity index (χ4n) is 7.33. The molecule has 0 spiro atoms. The van der Waals surface area contributed by atoms with Crippen LogP contribution in [0.1, 0.15) is 73.6 Å². The summed E-state index contributed by atoms with van der Waals surface area (Å²) in [6.45, 7) is 13.3. The molecule has 0 aliphatic heterocycles. The van der Waals surface area contributed by atoms with Crippen LogP contribution < -0.4 is 5.73 Å². The van der Waals surface area contributed by atoms with Crippen molar-refractivity contribution in [2.45, 2.75) is 63.0 Å². The Hall–Kier alpha value is -4.53. The molecule has 0 fully saturated rings. The Balaban J connectivity index is 0.00000190. The second-order valence-electron chi connectivity index (χ2n) is 12.9. The van der Waals surface area contributed by atoms with Crippen molar-refractivity contribution in [3.05, 3.63) is 178 Å². The van der Waals surface area contributed by atoms with E-state index < -0.39 is 0 Å². The second kappa shape index (κ2) is 13.3. The maximum Gasteiger partial charge on any atom is 0.0452 e. The van der Waals surface area contributed by atoms with Crippen molar-refractivity contribution < 1.29 is 0 Å². The number of rotatable bonds is 7. The number of anilines is 1. The number of para-hydroxylation sites is 1. The number of thioether (sulfide) groups is 1. The van der Waals surface area contributed by atoms with Gasteiger partial charge in [0, 0.05) is 27.2 Å². The van der Waals surface area contributed by atoms with Crippen molar-refractivity contribution in [2.24, 2.45) is 0 Å². The monoisotopic (exact) mass is 631 g/mol. The predicted molar refractivity (Wildman–Crippen MR) is 204 cm³/mol. The van der Waals surface area contributed by atoms with Gasteiger partial charge in [0.1, 0.15) is 0 Å². The minimum atomic E-state index is -0.375. The zero-order valence-electron chi connectivity index (χ0n) is 28.5. The molecular formula is C45H45NS. The van der Waals surface area contributed by atoms with Crippen molar-refractivity contribution in [3.8, 4) is 22.3 Å². The van der Waals surface area contributed by atoms with Gasteiger partial charge in [-0.25, -0.2) is 0 Å². The van der Waals surface area contributed by atoms with Crippen molar-refractivity contribution in [2.75, 3.05) is 5.73 Å². The third-order valence-electron chi connectivity index (χ3n) is 9.87. The molecule has 0 radical (unpaired) electrons. The summed E-state index contributed by atoms with van der Waals surface area (Å²) < 4.78 is 0. The van der Waals surface area contributed by atoms with Gasteiger partial charge >= 0.3 is 0 Å². The van der Waals surface area contributed by atoms with Crippen LogP contribution >= 0.6 is 11.8 Å². The van der Waals surface area contributed by atoms with Crippen LogP contribution in [0.15, 0.2) is 144 Å². The molecule has 1 aliphatic rings. The van der Waals surface area contributed by atoms with Gasteiger partial charge in [-0.1, -0.05) is 149 Å². The number of nitrogen functional groups attached to an aromatic ring is 1. The molecule has 2 heteroatoms. The van der Waals surface area contributed by atoms with Gasteiger partial charge in [-0.3, -0.25) is 0 Å². The predicted octanol–water partition coefficient (Wildman–Crippen LogP) is 12.2. The standard InChI is InChI=1S/C43H39NS.C2H6/c1-29-26-30(28-45-41-21-13-12-20-40(41)44)22-24-33(29)34-16-9-11-19-39(34)43(4,31-14-6-5-7-15-31)32-23-25-38-36(27-32)35-17-8-10-18-37(35)42(38,2)3;1-2/h5-27H,28,44H2,1-4H3;1-2H3. The van der Waals surface area contributed by atoms with E-state index in [4.69, 9.17) is 5.73 Å². The molecule has 2 N–H and O–H groups in total. The fourth-order valence-corrected chi connectivity index (χ4v) is 8.24. The number of aryl methyl sites for hydroxylation is 1. The molecule has 0 heterocycles. The van der Waals surface area contributed by atoms with E-state index in [1.54, 1.807) is 11.8 Å². The molecule has 0 aromatic heterocycles. The van der Waals surface area contributed by atoms with Gasteiger partial charge in [-0.2, -0.15) is 0 Å². The normalized spacial score (nSPS) is 13.9. The zero-order valence-corrected chi connectivity index (χ0v) is 29.3. The van der Waals surface area contributed by atoms with Crippen LogP contribution in [0.25, 0.3) is 22.3 Å². The van der Waals surface area contributed by atoms with Crippen LogP contribution in [0.5, 0.6) is 0 Å². The topological polar surface area (TPSA) is 26.0 Å². The van der Waals surface area contributed by atoms with E-state index in [0.717, 1.165) is 16.3 Å². The number of benzene rings is 6. The lowest BCUT2D eigenvalue weighted by Gasteiger charge is -2.35. The number of hydrogen-bond acceptors (Lipinski definition) is 2. The second-order valence-corrected chi connectivity index (χ2v) is 14.0. The highest BCUT2D eigenvalue weighted by Crippen LogP contribution is 2.51. The Labute approximate surface area is 285 Å². The Morgan fingerprint density at radius 2 is 1.23 bits per heavy atom. The van der Waals surface area contributed by atoms with Gasteiger partial charge in [0.25, 0.3) is 0 Å². The quantitative estimate of drug-likeness (QED) is 0.108. The van der Waals surface area contributed by atoms with Crippen LogP contribution in [0.4, 0.5) is 5.69 Å². The van der Waals surface area contributed by atoms with E-state index in [0.29, 0.717) is 0 Å². The van der Waals surface area contributed by atoms with Gasteiger partial charge in [0.2, 0.25) is 0 Å². The van der Waals surface area contributed by atoms with Crippen molar-refractivity contribution in [1.82, 2.24) is 0 Å². The van der Waals surface area contributed by atoms with E-state index >= 15 is 0 Å². The fraction of sp³-hybridized carbons (Fsp3) is 0.200. The van der Waals surface area contributed by atoms with Crippen molar-refractivity contribution >= 4 is 17.4 Å². The van der Waals surface area contributed by atoms with Crippen LogP contribution in [-0.2, 0) is 16.6 Å². The molecule has 0 bridgehead atoms.